The predicted octanol–water partition coefficient (Wildman–Crippen LogP) is 4.43. The molecule has 2 amide bonds. The molecular weight excluding hydrogens is 396 g/mol. The second-order valence-corrected chi connectivity index (χ2v) is 8.49. The summed E-state index contributed by atoms with van der Waals surface area (Å²) in [6.07, 6.45) is 2.99. The van der Waals surface area contributed by atoms with Crippen LogP contribution in [0.1, 0.15) is 58.2 Å². The maximum absolute atomic E-state index is 13.5. The summed E-state index contributed by atoms with van der Waals surface area (Å²) in [6, 6.07) is 16.6. The van der Waals surface area contributed by atoms with Gasteiger partial charge in [0.05, 0.1) is 12.0 Å². The van der Waals surface area contributed by atoms with Crippen LogP contribution >= 0.6 is 11.3 Å². The summed E-state index contributed by atoms with van der Waals surface area (Å²) in [5, 5.41) is 12.7. The average Bonchev–Trinajstić information content (AvgIpc) is 3.22. The molecule has 2 heterocycles. The molecule has 1 aliphatic heterocycles. The zero-order valence-electron chi connectivity index (χ0n) is 17.0. The molecule has 3 aromatic rings. The number of nitrogens with zero attached hydrogens (tertiary/aromatic N) is 3. The van der Waals surface area contributed by atoms with E-state index in [0.29, 0.717) is 10.7 Å². The van der Waals surface area contributed by atoms with E-state index >= 15 is 0 Å². The van der Waals surface area contributed by atoms with Gasteiger partial charge in [0, 0.05) is 19.0 Å². The van der Waals surface area contributed by atoms with Gasteiger partial charge in [-0.05, 0) is 23.6 Å². The maximum Gasteiger partial charge on any atom is 0.254 e. The van der Waals surface area contributed by atoms with Gasteiger partial charge >= 0.3 is 0 Å². The van der Waals surface area contributed by atoms with Gasteiger partial charge in [-0.1, -0.05) is 73.2 Å². The lowest BCUT2D eigenvalue weighted by atomic mass is 9.79. The van der Waals surface area contributed by atoms with Crippen LogP contribution in [0.15, 0.2) is 54.6 Å². The molecule has 0 saturated heterocycles. The number of aromatic nitrogens is 2. The standard InChI is InChI=1S/C23H24N4O2S/c1-3-4-14-18-25-26-23(30-18)24-21(28)19-16-12-8-9-13-17(16)22(29)27(2)20(19)15-10-6-5-7-11-15/h5-13,19-20H,3-4,14H2,1-2H3,(H,24,26,28)/t19-,20-/m0/s1. The van der Waals surface area contributed by atoms with Crippen LogP contribution in [0.5, 0.6) is 0 Å². The molecule has 30 heavy (non-hydrogen) atoms. The molecule has 0 saturated carbocycles. The molecular formula is C23H24N4O2S. The Morgan fingerprint density at radius 3 is 2.60 bits per heavy atom. The highest BCUT2D eigenvalue weighted by molar-refractivity contribution is 7.15. The summed E-state index contributed by atoms with van der Waals surface area (Å²) in [6.45, 7) is 2.13. The summed E-state index contributed by atoms with van der Waals surface area (Å²) in [7, 11) is 1.75. The summed E-state index contributed by atoms with van der Waals surface area (Å²) in [5.74, 6) is -0.815. The summed E-state index contributed by atoms with van der Waals surface area (Å²) in [5.41, 5.74) is 2.22. The van der Waals surface area contributed by atoms with Gasteiger partial charge < -0.3 is 4.90 Å². The Hall–Kier alpha value is -3.06. The van der Waals surface area contributed by atoms with Crippen LogP contribution in [0.25, 0.3) is 0 Å². The van der Waals surface area contributed by atoms with E-state index in [1.54, 1.807) is 18.0 Å². The van der Waals surface area contributed by atoms with Crippen molar-refractivity contribution in [2.75, 3.05) is 12.4 Å². The minimum Gasteiger partial charge on any atom is -0.334 e. The number of hydrogen-bond donors (Lipinski definition) is 1. The summed E-state index contributed by atoms with van der Waals surface area (Å²) < 4.78 is 0. The molecule has 0 spiro atoms. The van der Waals surface area contributed by atoms with Crippen molar-refractivity contribution in [1.29, 1.82) is 0 Å². The third-order valence-corrected chi connectivity index (χ3v) is 6.34. The van der Waals surface area contributed by atoms with Crippen LogP contribution in [0.2, 0.25) is 0 Å². The number of unbranched alkanes of at least 4 members (excludes halogenated alkanes) is 1. The third kappa shape index (κ3) is 3.85. The fraction of sp³-hybridized carbons (Fsp3) is 0.304. The third-order valence-electron chi connectivity index (χ3n) is 5.44. The van der Waals surface area contributed by atoms with Gasteiger partial charge in [0.1, 0.15) is 5.01 Å². The van der Waals surface area contributed by atoms with E-state index in [4.69, 9.17) is 0 Å². The Balaban J connectivity index is 1.70. The topological polar surface area (TPSA) is 75.2 Å². The molecule has 4 rings (SSSR count). The fourth-order valence-electron chi connectivity index (χ4n) is 3.94. The second kappa shape index (κ2) is 8.75. The Kier molecular flexibility index (Phi) is 5.90. The molecule has 0 unspecified atom stereocenters. The lowest BCUT2D eigenvalue weighted by molar-refractivity contribution is -0.119. The van der Waals surface area contributed by atoms with Gasteiger partial charge in [-0.25, -0.2) is 0 Å². The van der Waals surface area contributed by atoms with Crippen LogP contribution in [0.3, 0.4) is 0 Å². The largest absolute Gasteiger partial charge is 0.334 e. The smallest absolute Gasteiger partial charge is 0.254 e. The van der Waals surface area contributed by atoms with Crippen molar-refractivity contribution in [2.24, 2.45) is 0 Å². The molecule has 0 radical (unpaired) electrons. The molecule has 0 fully saturated rings. The van der Waals surface area contributed by atoms with Gasteiger partial charge in [0.15, 0.2) is 0 Å². The van der Waals surface area contributed by atoms with Crippen molar-refractivity contribution in [3.8, 4) is 0 Å². The molecule has 2 atom stereocenters. The first-order valence-electron chi connectivity index (χ1n) is 10.1. The summed E-state index contributed by atoms with van der Waals surface area (Å²) >= 11 is 1.41. The first-order valence-corrected chi connectivity index (χ1v) is 11.0. The lowest BCUT2D eigenvalue weighted by Crippen LogP contribution is -2.44. The number of hydrogen-bond acceptors (Lipinski definition) is 5. The van der Waals surface area contributed by atoms with E-state index in [9.17, 15) is 9.59 Å². The number of likely N-dealkylation sites (N-methyl/N-ethyl adjacent to an activating group) is 1. The number of benzene rings is 2. The van der Waals surface area contributed by atoms with Crippen LogP contribution in [-0.4, -0.2) is 34.0 Å². The van der Waals surface area contributed by atoms with Gasteiger partial charge in [0.25, 0.3) is 5.91 Å². The molecule has 0 aliphatic carbocycles. The van der Waals surface area contributed by atoms with Gasteiger partial charge in [0.2, 0.25) is 11.0 Å². The molecule has 2 aromatic carbocycles. The monoisotopic (exact) mass is 420 g/mol. The minimum atomic E-state index is -0.547. The van der Waals surface area contributed by atoms with Crippen molar-refractivity contribution in [3.63, 3.8) is 0 Å². The first kappa shape index (κ1) is 20.2. The number of anilines is 1. The molecule has 1 N–H and O–H groups in total. The number of fused-ring (bicyclic) bond motifs is 1. The van der Waals surface area contributed by atoms with E-state index in [1.165, 1.54) is 11.3 Å². The molecule has 7 heteroatoms. The normalized spacial score (nSPS) is 18.2. The molecule has 1 aromatic heterocycles. The Morgan fingerprint density at radius 1 is 1.10 bits per heavy atom. The molecule has 6 nitrogen and oxygen atoms in total. The van der Waals surface area contributed by atoms with Gasteiger partial charge in [-0.15, -0.1) is 10.2 Å². The van der Waals surface area contributed by atoms with Crippen molar-refractivity contribution in [1.82, 2.24) is 15.1 Å². The Morgan fingerprint density at radius 2 is 1.83 bits per heavy atom. The number of carbonyl (C=O) groups excluding carboxylic acids is 2. The minimum absolute atomic E-state index is 0.0822. The molecule has 0 bridgehead atoms. The number of nitrogens with one attached hydrogen (secondary N) is 1. The van der Waals surface area contributed by atoms with Crippen molar-refractivity contribution in [2.45, 2.75) is 38.1 Å². The van der Waals surface area contributed by atoms with E-state index in [-0.39, 0.29) is 11.8 Å². The maximum atomic E-state index is 13.5. The SMILES string of the molecule is CCCCc1nnc(NC(=O)[C@H]2c3ccccc3C(=O)N(C)[C@H]2c2ccccc2)s1. The lowest BCUT2D eigenvalue weighted by Gasteiger charge is -2.39. The molecule has 1 aliphatic rings. The highest BCUT2D eigenvalue weighted by Gasteiger charge is 2.42. The zero-order valence-corrected chi connectivity index (χ0v) is 17.9. The van der Waals surface area contributed by atoms with Crippen LogP contribution in [-0.2, 0) is 11.2 Å². The summed E-state index contributed by atoms with van der Waals surface area (Å²) in [4.78, 5) is 28.1. The highest BCUT2D eigenvalue weighted by Crippen LogP contribution is 2.42. The number of rotatable bonds is 6. The van der Waals surface area contributed by atoms with Crippen LogP contribution < -0.4 is 5.32 Å². The van der Waals surface area contributed by atoms with E-state index < -0.39 is 12.0 Å². The Labute approximate surface area is 180 Å². The van der Waals surface area contributed by atoms with Gasteiger partial charge in [-0.3, -0.25) is 14.9 Å². The van der Waals surface area contributed by atoms with Crippen molar-refractivity contribution in [3.05, 3.63) is 76.3 Å². The van der Waals surface area contributed by atoms with Gasteiger partial charge in [-0.2, -0.15) is 0 Å². The number of amides is 2. The molecule has 154 valence electrons. The van der Waals surface area contributed by atoms with Crippen LogP contribution in [0, 0.1) is 0 Å². The average molecular weight is 421 g/mol. The Bertz CT molecular complexity index is 1050. The number of carbonyl (C=O) groups is 2. The van der Waals surface area contributed by atoms with Crippen LogP contribution in [0.4, 0.5) is 5.13 Å². The van der Waals surface area contributed by atoms with Crippen molar-refractivity contribution >= 4 is 28.3 Å². The first-order chi connectivity index (χ1) is 14.6. The van der Waals surface area contributed by atoms with E-state index in [2.05, 4.69) is 22.4 Å². The quantitative estimate of drug-likeness (QED) is 0.640. The van der Waals surface area contributed by atoms with Crippen molar-refractivity contribution < 1.29 is 9.59 Å². The predicted molar refractivity (Wildman–Crippen MR) is 118 cm³/mol. The van der Waals surface area contributed by atoms with E-state index in [0.717, 1.165) is 35.4 Å². The fourth-order valence-corrected chi connectivity index (χ4v) is 4.72. The highest BCUT2D eigenvalue weighted by atomic mass is 32.1. The van der Waals surface area contributed by atoms with E-state index in [1.807, 2.05) is 48.5 Å². The zero-order chi connectivity index (χ0) is 21.1. The second-order valence-electron chi connectivity index (χ2n) is 7.43. The number of aryl methyl sites for hydroxylation is 1.